The van der Waals surface area contributed by atoms with Crippen LogP contribution in [0, 0.1) is 0 Å². The van der Waals surface area contributed by atoms with E-state index in [1.165, 1.54) is 6.07 Å². The van der Waals surface area contributed by atoms with Crippen molar-refractivity contribution in [2.45, 2.75) is 6.23 Å². The number of benzodiazepines with no additional fused rings is 1. The highest BCUT2D eigenvalue weighted by Crippen LogP contribution is 2.28. The van der Waals surface area contributed by atoms with Gasteiger partial charge in [0.15, 0.2) is 0 Å². The minimum absolute atomic E-state index is 0.230. The summed E-state index contributed by atoms with van der Waals surface area (Å²) in [5.74, 6) is -0.910. The van der Waals surface area contributed by atoms with Gasteiger partial charge in [0.2, 0.25) is 6.23 Å². The molecule has 0 bridgehead atoms. The monoisotopic (exact) mass is 283 g/mol. The normalized spacial score (nSPS) is 18.0. The number of aliphatic hydroxyl groups is 1. The fourth-order valence-corrected chi connectivity index (χ4v) is 2.23. The van der Waals surface area contributed by atoms with Crippen LogP contribution < -0.4 is 10.8 Å². The molecular formula is C15H13N3O3. The molecule has 0 aromatic heterocycles. The van der Waals surface area contributed by atoms with E-state index in [4.69, 9.17) is 5.73 Å². The molecule has 0 radical (unpaired) electrons. The van der Waals surface area contributed by atoms with E-state index in [0.717, 1.165) is 0 Å². The Labute approximate surface area is 120 Å². The molecule has 4 N–H and O–H groups in total. The van der Waals surface area contributed by atoms with Crippen LogP contribution in [0.5, 0.6) is 0 Å². The minimum atomic E-state index is -1.67. The van der Waals surface area contributed by atoms with Crippen molar-refractivity contribution in [2.24, 2.45) is 4.99 Å². The average Bonchev–Trinajstić information content (AvgIpc) is 2.59. The molecule has 1 atom stereocenters. The van der Waals surface area contributed by atoms with Crippen LogP contribution in [-0.4, -0.2) is 28.2 Å². The Kier molecular flexibility index (Phi) is 3.17. The number of amides is 1. The molecule has 6 nitrogen and oxygen atoms in total. The molecule has 0 saturated heterocycles. The lowest BCUT2D eigenvalue weighted by atomic mass is 10.00. The number of aliphatic imine (C=N–C) groups is 1. The molecule has 1 amide bonds. The summed E-state index contributed by atoms with van der Waals surface area (Å²) in [4.78, 5) is 15.9. The largest absolute Gasteiger partial charge is 0.399 e. The second-order valence-corrected chi connectivity index (χ2v) is 4.64. The molecule has 6 heteroatoms. The van der Waals surface area contributed by atoms with Gasteiger partial charge >= 0.3 is 5.91 Å². The Morgan fingerprint density at radius 1 is 1.14 bits per heavy atom. The van der Waals surface area contributed by atoms with Crippen LogP contribution in [0.2, 0.25) is 0 Å². The molecule has 0 fully saturated rings. The van der Waals surface area contributed by atoms with Crippen LogP contribution >= 0.6 is 0 Å². The topological polar surface area (TPSA) is 99.2 Å². The van der Waals surface area contributed by atoms with E-state index < -0.39 is 12.1 Å². The molecule has 2 aromatic rings. The third-order valence-electron chi connectivity index (χ3n) is 3.23. The SMILES string of the molecule is Nc1ccc2c(c1)C(c1ccccc1)=NC(O)C(=O)N2O. The van der Waals surface area contributed by atoms with Gasteiger partial charge in [0.05, 0.1) is 11.4 Å². The van der Waals surface area contributed by atoms with Crippen molar-refractivity contribution in [3.8, 4) is 0 Å². The second kappa shape index (κ2) is 5.01. The third-order valence-corrected chi connectivity index (χ3v) is 3.23. The third kappa shape index (κ3) is 2.26. The van der Waals surface area contributed by atoms with Gasteiger partial charge in [0, 0.05) is 16.8 Å². The molecule has 1 aliphatic rings. The van der Waals surface area contributed by atoms with Gasteiger partial charge in [0.25, 0.3) is 0 Å². The van der Waals surface area contributed by atoms with Crippen LogP contribution in [0.4, 0.5) is 11.4 Å². The lowest BCUT2D eigenvalue weighted by Gasteiger charge is -2.16. The summed E-state index contributed by atoms with van der Waals surface area (Å²) in [5.41, 5.74) is 8.08. The molecule has 0 spiro atoms. The standard InChI is InChI=1S/C15H13N3O3/c16-10-6-7-12-11(8-10)13(9-4-2-1-3-5-9)17-14(19)15(20)18(12)21/h1-8,14,19,21H,16H2. The summed E-state index contributed by atoms with van der Waals surface area (Å²) >= 11 is 0. The number of anilines is 2. The summed E-state index contributed by atoms with van der Waals surface area (Å²) in [7, 11) is 0. The number of hydroxylamine groups is 1. The molecule has 106 valence electrons. The van der Waals surface area contributed by atoms with Gasteiger partial charge in [-0.05, 0) is 18.2 Å². The quantitative estimate of drug-likeness (QED) is 0.540. The number of benzene rings is 2. The van der Waals surface area contributed by atoms with E-state index in [9.17, 15) is 15.1 Å². The molecular weight excluding hydrogens is 270 g/mol. The van der Waals surface area contributed by atoms with E-state index in [0.29, 0.717) is 27.6 Å². The van der Waals surface area contributed by atoms with Gasteiger partial charge in [-0.2, -0.15) is 5.06 Å². The molecule has 1 aliphatic heterocycles. The van der Waals surface area contributed by atoms with Crippen LogP contribution in [0.15, 0.2) is 53.5 Å². The zero-order chi connectivity index (χ0) is 15.0. The first-order chi connectivity index (χ1) is 10.1. The van der Waals surface area contributed by atoms with Crippen LogP contribution in [0.1, 0.15) is 11.1 Å². The minimum Gasteiger partial charge on any atom is -0.399 e. The first-order valence-electron chi connectivity index (χ1n) is 6.32. The zero-order valence-corrected chi connectivity index (χ0v) is 11.0. The first kappa shape index (κ1) is 13.3. The van der Waals surface area contributed by atoms with Crippen molar-refractivity contribution >= 4 is 23.0 Å². The molecule has 1 unspecified atom stereocenters. The number of carbonyl (C=O) groups excluding carboxylic acids is 1. The Hall–Kier alpha value is -2.70. The number of hydrogen-bond donors (Lipinski definition) is 3. The van der Waals surface area contributed by atoms with Crippen molar-refractivity contribution in [3.05, 3.63) is 59.7 Å². The van der Waals surface area contributed by atoms with Gasteiger partial charge in [-0.15, -0.1) is 0 Å². The predicted molar refractivity (Wildman–Crippen MR) is 78.2 cm³/mol. The van der Waals surface area contributed by atoms with Gasteiger partial charge in [0.1, 0.15) is 0 Å². The molecule has 0 saturated carbocycles. The maximum Gasteiger partial charge on any atom is 0.302 e. The number of hydrogen-bond acceptors (Lipinski definition) is 5. The predicted octanol–water partition coefficient (Wildman–Crippen LogP) is 1.16. The lowest BCUT2D eigenvalue weighted by molar-refractivity contribution is -0.131. The number of fused-ring (bicyclic) bond motifs is 1. The maximum atomic E-state index is 11.9. The molecule has 1 heterocycles. The Morgan fingerprint density at radius 2 is 1.86 bits per heavy atom. The van der Waals surface area contributed by atoms with Crippen LogP contribution in [-0.2, 0) is 4.79 Å². The highest BCUT2D eigenvalue weighted by Gasteiger charge is 2.30. The van der Waals surface area contributed by atoms with E-state index in [-0.39, 0.29) is 5.69 Å². The number of rotatable bonds is 1. The summed E-state index contributed by atoms with van der Waals surface area (Å²) in [5, 5.41) is 20.2. The number of nitrogen functional groups attached to an aromatic ring is 1. The van der Waals surface area contributed by atoms with Gasteiger partial charge in [-0.25, -0.2) is 4.99 Å². The van der Waals surface area contributed by atoms with Crippen molar-refractivity contribution in [3.63, 3.8) is 0 Å². The van der Waals surface area contributed by atoms with E-state index in [1.807, 2.05) is 18.2 Å². The number of nitrogens with zero attached hydrogens (tertiary/aromatic N) is 2. The highest BCUT2D eigenvalue weighted by molar-refractivity contribution is 6.19. The van der Waals surface area contributed by atoms with E-state index >= 15 is 0 Å². The van der Waals surface area contributed by atoms with Gasteiger partial charge < -0.3 is 10.8 Å². The second-order valence-electron chi connectivity index (χ2n) is 4.64. The fourth-order valence-electron chi connectivity index (χ4n) is 2.23. The van der Waals surface area contributed by atoms with Crippen LogP contribution in [0.25, 0.3) is 0 Å². The maximum absolute atomic E-state index is 11.9. The first-order valence-corrected chi connectivity index (χ1v) is 6.32. The van der Waals surface area contributed by atoms with Crippen molar-refractivity contribution in [2.75, 3.05) is 10.8 Å². The Bertz CT molecular complexity index is 728. The van der Waals surface area contributed by atoms with Crippen molar-refractivity contribution < 1.29 is 15.1 Å². The lowest BCUT2D eigenvalue weighted by Crippen LogP contribution is -2.35. The smallest absolute Gasteiger partial charge is 0.302 e. The zero-order valence-electron chi connectivity index (χ0n) is 11.0. The summed E-state index contributed by atoms with van der Waals surface area (Å²) in [6.07, 6.45) is -1.67. The van der Waals surface area contributed by atoms with Crippen molar-refractivity contribution in [1.29, 1.82) is 0 Å². The highest BCUT2D eigenvalue weighted by atomic mass is 16.5. The number of carbonyl (C=O) groups is 1. The molecule has 21 heavy (non-hydrogen) atoms. The van der Waals surface area contributed by atoms with Gasteiger partial charge in [-0.3, -0.25) is 10.0 Å². The Balaban J connectivity index is 2.27. The molecule has 3 rings (SSSR count). The summed E-state index contributed by atoms with van der Waals surface area (Å²) < 4.78 is 0. The van der Waals surface area contributed by atoms with Crippen molar-refractivity contribution in [1.82, 2.24) is 0 Å². The molecule has 2 aromatic carbocycles. The van der Waals surface area contributed by atoms with Gasteiger partial charge in [-0.1, -0.05) is 30.3 Å². The van der Waals surface area contributed by atoms with E-state index in [2.05, 4.69) is 4.99 Å². The number of nitrogens with two attached hydrogens (primary N) is 1. The number of aliphatic hydroxyl groups excluding tert-OH is 1. The summed E-state index contributed by atoms with van der Waals surface area (Å²) in [6, 6.07) is 13.8. The average molecular weight is 283 g/mol. The summed E-state index contributed by atoms with van der Waals surface area (Å²) in [6.45, 7) is 0. The van der Waals surface area contributed by atoms with E-state index in [1.54, 1.807) is 24.3 Å². The Morgan fingerprint density at radius 3 is 2.57 bits per heavy atom. The van der Waals surface area contributed by atoms with Crippen LogP contribution in [0.3, 0.4) is 0 Å². The molecule has 0 aliphatic carbocycles. The fraction of sp³-hybridized carbons (Fsp3) is 0.0667.